The van der Waals surface area contributed by atoms with Crippen molar-refractivity contribution in [1.29, 1.82) is 0 Å². The molecule has 2 bridgehead atoms. The van der Waals surface area contributed by atoms with Gasteiger partial charge in [0.25, 0.3) is 0 Å². The van der Waals surface area contributed by atoms with Gasteiger partial charge in [0.1, 0.15) is 0 Å². The Kier molecular flexibility index (Phi) is 4.36. The van der Waals surface area contributed by atoms with Crippen LogP contribution >= 0.6 is 0 Å². The third kappa shape index (κ3) is 3.21. The van der Waals surface area contributed by atoms with E-state index in [2.05, 4.69) is 22.8 Å². The predicted molar refractivity (Wildman–Crippen MR) is 80.1 cm³/mol. The first-order chi connectivity index (χ1) is 9.83. The number of benzene rings is 1. The molecule has 3 nitrogen and oxygen atoms in total. The van der Waals surface area contributed by atoms with E-state index >= 15 is 0 Å². The number of fused-ring (bicyclic) bond motifs is 2. The standard InChI is InChI=1S/C17H24N2O/c20-17(19-10-13-5-2-1-3-6-13)9-16-14-7-4-8-15(16)12-18-11-14/h1-3,5-6,14-16,18H,4,7-12H2,(H,19,20)/t14-,15-/m0/s1. The summed E-state index contributed by atoms with van der Waals surface area (Å²) in [5.41, 5.74) is 1.17. The summed E-state index contributed by atoms with van der Waals surface area (Å²) in [7, 11) is 0. The van der Waals surface area contributed by atoms with Gasteiger partial charge in [0.15, 0.2) is 0 Å². The van der Waals surface area contributed by atoms with Crippen molar-refractivity contribution in [2.24, 2.45) is 17.8 Å². The maximum atomic E-state index is 12.2. The Balaban J connectivity index is 1.51. The molecule has 2 fully saturated rings. The molecule has 0 spiro atoms. The fraction of sp³-hybridized carbons (Fsp3) is 0.588. The SMILES string of the molecule is O=C(CC1[C@H]2CCC[C@H]1CNC2)NCc1ccccc1. The Labute approximate surface area is 121 Å². The van der Waals surface area contributed by atoms with E-state index in [1.165, 1.54) is 24.8 Å². The molecular formula is C17H24N2O. The van der Waals surface area contributed by atoms with Gasteiger partial charge in [0.05, 0.1) is 0 Å². The van der Waals surface area contributed by atoms with E-state index in [1.807, 2.05) is 18.2 Å². The molecule has 108 valence electrons. The lowest BCUT2D eigenvalue weighted by molar-refractivity contribution is -0.123. The molecule has 1 aliphatic carbocycles. The van der Waals surface area contributed by atoms with Crippen LogP contribution in [0.1, 0.15) is 31.2 Å². The van der Waals surface area contributed by atoms with Crippen LogP contribution in [0.15, 0.2) is 30.3 Å². The van der Waals surface area contributed by atoms with Crippen LogP contribution in [-0.4, -0.2) is 19.0 Å². The molecule has 1 amide bonds. The molecule has 1 heterocycles. The highest BCUT2D eigenvalue weighted by Crippen LogP contribution is 2.38. The second-order valence-corrected chi connectivity index (χ2v) is 6.24. The summed E-state index contributed by atoms with van der Waals surface area (Å²) < 4.78 is 0. The van der Waals surface area contributed by atoms with E-state index in [9.17, 15) is 4.79 Å². The summed E-state index contributed by atoms with van der Waals surface area (Å²) in [5.74, 6) is 2.24. The predicted octanol–water partition coefficient (Wildman–Crippen LogP) is 2.33. The lowest BCUT2D eigenvalue weighted by Crippen LogP contribution is -2.47. The number of hydrogen-bond donors (Lipinski definition) is 2. The van der Waals surface area contributed by atoms with Gasteiger partial charge in [-0.2, -0.15) is 0 Å². The van der Waals surface area contributed by atoms with Crippen LogP contribution in [0.2, 0.25) is 0 Å². The fourth-order valence-corrected chi connectivity index (χ4v) is 3.83. The Hall–Kier alpha value is -1.35. The average molecular weight is 272 g/mol. The summed E-state index contributed by atoms with van der Waals surface area (Å²) in [6, 6.07) is 10.1. The van der Waals surface area contributed by atoms with Crippen LogP contribution in [0.25, 0.3) is 0 Å². The molecule has 3 heteroatoms. The van der Waals surface area contributed by atoms with Crippen LogP contribution in [-0.2, 0) is 11.3 Å². The molecule has 1 saturated carbocycles. The molecule has 20 heavy (non-hydrogen) atoms. The molecule has 2 N–H and O–H groups in total. The van der Waals surface area contributed by atoms with Gasteiger partial charge in [-0.05, 0) is 49.2 Å². The minimum Gasteiger partial charge on any atom is -0.352 e. The third-order valence-electron chi connectivity index (χ3n) is 4.93. The number of hydrogen-bond acceptors (Lipinski definition) is 2. The maximum Gasteiger partial charge on any atom is 0.220 e. The van der Waals surface area contributed by atoms with Crippen molar-refractivity contribution in [2.75, 3.05) is 13.1 Å². The Morgan fingerprint density at radius 3 is 2.55 bits per heavy atom. The number of amides is 1. The monoisotopic (exact) mass is 272 g/mol. The zero-order valence-electron chi connectivity index (χ0n) is 12.0. The minimum absolute atomic E-state index is 0.220. The van der Waals surface area contributed by atoms with E-state index in [0.29, 0.717) is 30.7 Å². The number of carbonyl (C=O) groups excluding carboxylic acids is 1. The molecule has 3 rings (SSSR count). The fourth-order valence-electron chi connectivity index (χ4n) is 3.83. The molecular weight excluding hydrogens is 248 g/mol. The zero-order chi connectivity index (χ0) is 13.8. The highest BCUT2D eigenvalue weighted by Gasteiger charge is 2.37. The summed E-state index contributed by atoms with van der Waals surface area (Å²) in [4.78, 5) is 12.2. The Morgan fingerprint density at radius 1 is 1.15 bits per heavy atom. The largest absolute Gasteiger partial charge is 0.352 e. The number of rotatable bonds is 4. The molecule has 0 unspecified atom stereocenters. The van der Waals surface area contributed by atoms with Gasteiger partial charge in [0.2, 0.25) is 5.91 Å². The second kappa shape index (κ2) is 6.40. The van der Waals surface area contributed by atoms with Crippen molar-refractivity contribution in [3.8, 4) is 0 Å². The van der Waals surface area contributed by atoms with Crippen molar-refractivity contribution in [2.45, 2.75) is 32.2 Å². The van der Waals surface area contributed by atoms with Gasteiger partial charge in [-0.1, -0.05) is 36.8 Å². The smallest absolute Gasteiger partial charge is 0.220 e. The van der Waals surface area contributed by atoms with Crippen LogP contribution in [0.5, 0.6) is 0 Å². The van der Waals surface area contributed by atoms with Crippen molar-refractivity contribution in [1.82, 2.24) is 10.6 Å². The number of carbonyl (C=O) groups is 1. The number of nitrogens with one attached hydrogen (secondary N) is 2. The first kappa shape index (κ1) is 13.6. The van der Waals surface area contributed by atoms with Crippen LogP contribution < -0.4 is 10.6 Å². The summed E-state index contributed by atoms with van der Waals surface area (Å²) in [6.45, 7) is 2.86. The lowest BCUT2D eigenvalue weighted by Gasteiger charge is -2.42. The first-order valence-corrected chi connectivity index (χ1v) is 7.84. The van der Waals surface area contributed by atoms with E-state index < -0.39 is 0 Å². The summed E-state index contributed by atoms with van der Waals surface area (Å²) in [5, 5.41) is 6.59. The molecule has 0 radical (unpaired) electrons. The van der Waals surface area contributed by atoms with Crippen molar-refractivity contribution >= 4 is 5.91 Å². The van der Waals surface area contributed by atoms with Crippen LogP contribution in [0, 0.1) is 17.8 Å². The number of piperidine rings is 1. The van der Waals surface area contributed by atoms with Crippen molar-refractivity contribution in [3.63, 3.8) is 0 Å². The van der Waals surface area contributed by atoms with Crippen LogP contribution in [0.4, 0.5) is 0 Å². The summed E-state index contributed by atoms with van der Waals surface area (Å²) >= 11 is 0. The minimum atomic E-state index is 0.220. The van der Waals surface area contributed by atoms with E-state index in [1.54, 1.807) is 0 Å². The highest BCUT2D eigenvalue weighted by molar-refractivity contribution is 5.76. The van der Waals surface area contributed by atoms with Gasteiger partial charge in [-0.3, -0.25) is 4.79 Å². The lowest BCUT2D eigenvalue weighted by atomic mass is 9.68. The van der Waals surface area contributed by atoms with Gasteiger partial charge in [-0.15, -0.1) is 0 Å². The van der Waals surface area contributed by atoms with Crippen molar-refractivity contribution < 1.29 is 4.79 Å². The third-order valence-corrected chi connectivity index (χ3v) is 4.93. The van der Waals surface area contributed by atoms with Gasteiger partial charge >= 0.3 is 0 Å². The van der Waals surface area contributed by atoms with E-state index in [0.717, 1.165) is 13.1 Å². The maximum absolute atomic E-state index is 12.2. The molecule has 1 aromatic carbocycles. The second-order valence-electron chi connectivity index (χ2n) is 6.24. The van der Waals surface area contributed by atoms with Gasteiger partial charge in [0, 0.05) is 13.0 Å². The molecule has 2 aliphatic rings. The first-order valence-electron chi connectivity index (χ1n) is 7.84. The van der Waals surface area contributed by atoms with Gasteiger partial charge in [-0.25, -0.2) is 0 Å². The Morgan fingerprint density at radius 2 is 1.85 bits per heavy atom. The molecule has 2 atom stereocenters. The van der Waals surface area contributed by atoms with Crippen molar-refractivity contribution in [3.05, 3.63) is 35.9 Å². The van der Waals surface area contributed by atoms with Crippen LogP contribution in [0.3, 0.4) is 0 Å². The Bertz CT molecular complexity index is 424. The van der Waals surface area contributed by atoms with E-state index in [4.69, 9.17) is 0 Å². The normalized spacial score (nSPS) is 28.9. The molecule has 1 saturated heterocycles. The topological polar surface area (TPSA) is 41.1 Å². The van der Waals surface area contributed by atoms with Gasteiger partial charge < -0.3 is 10.6 Å². The molecule has 0 aromatic heterocycles. The average Bonchev–Trinajstić information content (AvgIpc) is 2.46. The zero-order valence-corrected chi connectivity index (χ0v) is 12.0. The van der Waals surface area contributed by atoms with E-state index in [-0.39, 0.29) is 5.91 Å². The molecule has 1 aromatic rings. The quantitative estimate of drug-likeness (QED) is 0.883. The highest BCUT2D eigenvalue weighted by atomic mass is 16.1. The summed E-state index contributed by atoms with van der Waals surface area (Å²) in [6.07, 6.45) is 4.64. The molecule has 1 aliphatic heterocycles.